The van der Waals surface area contributed by atoms with Crippen LogP contribution in [0.25, 0.3) is 0 Å². The first-order valence-electron chi connectivity index (χ1n) is 13.5. The SMILES string of the molecule is C=C(C)CCC(=O)C(C)(O)C1C(O)CC2(C)C3CC=C4C(CC(O)C(O)C4(C)C)C3(C)C(=O)CC12C. The fourth-order valence-corrected chi connectivity index (χ4v) is 9.30. The normalized spacial score (nSPS) is 47.2. The molecule has 6 nitrogen and oxygen atoms in total. The van der Waals surface area contributed by atoms with Crippen LogP contribution in [-0.2, 0) is 9.59 Å². The topological polar surface area (TPSA) is 115 Å². The molecular weight excluding hydrogens is 456 g/mol. The Kier molecular flexibility index (Phi) is 6.41. The molecule has 3 fully saturated rings. The average Bonchev–Trinajstić information content (AvgIpc) is 2.96. The predicted molar refractivity (Wildman–Crippen MR) is 138 cm³/mol. The van der Waals surface area contributed by atoms with Gasteiger partial charge in [0.2, 0.25) is 0 Å². The number of aliphatic hydroxyl groups is 4. The Hall–Kier alpha value is -1.34. The number of Topliss-reactive ketones (excluding diaryl/α,β-unsaturated/α-hetero) is 2. The monoisotopic (exact) mass is 502 g/mol. The van der Waals surface area contributed by atoms with E-state index in [-0.39, 0.29) is 36.2 Å². The van der Waals surface area contributed by atoms with Crippen molar-refractivity contribution in [1.82, 2.24) is 0 Å². The van der Waals surface area contributed by atoms with Crippen LogP contribution in [0.15, 0.2) is 23.8 Å². The highest BCUT2D eigenvalue weighted by Crippen LogP contribution is 2.74. The zero-order chi connectivity index (χ0) is 27.2. The maximum atomic E-state index is 14.2. The minimum Gasteiger partial charge on any atom is -0.393 e. The van der Waals surface area contributed by atoms with Gasteiger partial charge in [0.1, 0.15) is 11.4 Å². The van der Waals surface area contributed by atoms with Crippen molar-refractivity contribution in [2.24, 2.45) is 39.4 Å². The van der Waals surface area contributed by atoms with E-state index in [0.29, 0.717) is 25.7 Å². The molecule has 4 rings (SSSR count). The summed E-state index contributed by atoms with van der Waals surface area (Å²) in [6.07, 6.45) is 1.56. The minimum atomic E-state index is -1.77. The fourth-order valence-electron chi connectivity index (χ4n) is 9.30. The van der Waals surface area contributed by atoms with Gasteiger partial charge in [-0.05, 0) is 62.2 Å². The molecule has 3 saturated carbocycles. The molecule has 0 aromatic heterocycles. The third kappa shape index (κ3) is 3.43. The highest BCUT2D eigenvalue weighted by atomic mass is 16.3. The molecule has 4 N–H and O–H groups in total. The Bertz CT molecular complexity index is 1010. The molecule has 202 valence electrons. The van der Waals surface area contributed by atoms with Crippen molar-refractivity contribution in [3.05, 3.63) is 23.8 Å². The van der Waals surface area contributed by atoms with Gasteiger partial charge in [-0.25, -0.2) is 0 Å². The minimum absolute atomic E-state index is 0.0618. The van der Waals surface area contributed by atoms with Crippen molar-refractivity contribution in [1.29, 1.82) is 0 Å². The summed E-state index contributed by atoms with van der Waals surface area (Å²) in [7, 11) is 0. The maximum Gasteiger partial charge on any atom is 0.164 e. The predicted octanol–water partition coefficient (Wildman–Crippen LogP) is 3.75. The lowest BCUT2D eigenvalue weighted by Gasteiger charge is -2.65. The molecule has 0 bridgehead atoms. The van der Waals surface area contributed by atoms with E-state index in [9.17, 15) is 30.0 Å². The van der Waals surface area contributed by atoms with Gasteiger partial charge in [0, 0.05) is 29.6 Å². The van der Waals surface area contributed by atoms with Crippen LogP contribution in [-0.4, -0.2) is 55.9 Å². The largest absolute Gasteiger partial charge is 0.393 e. The molecule has 0 saturated heterocycles. The molecule has 0 aliphatic heterocycles. The molecule has 0 amide bonds. The van der Waals surface area contributed by atoms with Crippen molar-refractivity contribution in [2.45, 2.75) is 111 Å². The van der Waals surface area contributed by atoms with Crippen LogP contribution in [0.5, 0.6) is 0 Å². The van der Waals surface area contributed by atoms with E-state index >= 15 is 0 Å². The summed E-state index contributed by atoms with van der Waals surface area (Å²) in [5, 5.41) is 44.6. The number of hydrogen-bond donors (Lipinski definition) is 4. The summed E-state index contributed by atoms with van der Waals surface area (Å²) in [4.78, 5) is 27.5. The van der Waals surface area contributed by atoms with Crippen LogP contribution >= 0.6 is 0 Å². The van der Waals surface area contributed by atoms with Gasteiger partial charge in [-0.3, -0.25) is 9.59 Å². The molecule has 0 radical (unpaired) electrons. The molecular formula is C30H46O6. The summed E-state index contributed by atoms with van der Waals surface area (Å²) in [5.41, 5.74) is -2.56. The van der Waals surface area contributed by atoms with Crippen LogP contribution in [0.3, 0.4) is 0 Å². The van der Waals surface area contributed by atoms with E-state index in [1.54, 1.807) is 0 Å². The Morgan fingerprint density at radius 1 is 1.08 bits per heavy atom. The summed E-state index contributed by atoms with van der Waals surface area (Å²) < 4.78 is 0. The van der Waals surface area contributed by atoms with Crippen LogP contribution in [0.1, 0.15) is 87.0 Å². The standard InChI is InChI=1S/C30H46O6/c1-16(2)9-12-22(33)30(8,36)24-20(32)14-27(5)21-11-10-17-18(13-19(31)25(35)26(17,3)4)29(21,7)23(34)15-28(24,27)6/h10,18-21,24-25,31-32,35-36H,1,9,11-15H2,2-8H3. The van der Waals surface area contributed by atoms with Crippen molar-refractivity contribution in [3.8, 4) is 0 Å². The summed E-state index contributed by atoms with van der Waals surface area (Å²) in [6.45, 7) is 17.2. The van der Waals surface area contributed by atoms with E-state index in [2.05, 4.69) is 19.6 Å². The summed E-state index contributed by atoms with van der Waals surface area (Å²) in [6, 6.07) is 0. The molecule has 36 heavy (non-hydrogen) atoms. The zero-order valence-electron chi connectivity index (χ0n) is 23.1. The molecule has 0 aromatic carbocycles. The Labute approximate surface area is 215 Å². The highest BCUT2D eigenvalue weighted by molar-refractivity contribution is 5.90. The Morgan fingerprint density at radius 2 is 1.69 bits per heavy atom. The summed E-state index contributed by atoms with van der Waals surface area (Å²) >= 11 is 0. The molecule has 0 aromatic rings. The first kappa shape index (κ1) is 27.7. The second-order valence-electron chi connectivity index (χ2n) is 14.0. The van der Waals surface area contributed by atoms with Crippen molar-refractivity contribution < 1.29 is 30.0 Å². The number of carbonyl (C=O) groups excluding carboxylic acids is 2. The zero-order valence-corrected chi connectivity index (χ0v) is 23.1. The number of ketones is 2. The molecule has 10 unspecified atom stereocenters. The van der Waals surface area contributed by atoms with Gasteiger partial charge in [0.15, 0.2) is 5.78 Å². The molecule has 4 aliphatic carbocycles. The van der Waals surface area contributed by atoms with E-state index in [1.165, 1.54) is 6.92 Å². The number of carbonyl (C=O) groups is 2. The van der Waals surface area contributed by atoms with Gasteiger partial charge in [-0.1, -0.05) is 51.8 Å². The van der Waals surface area contributed by atoms with E-state index in [4.69, 9.17) is 0 Å². The van der Waals surface area contributed by atoms with Crippen molar-refractivity contribution >= 4 is 11.6 Å². The van der Waals surface area contributed by atoms with Crippen LogP contribution < -0.4 is 0 Å². The number of fused-ring (bicyclic) bond motifs is 5. The van der Waals surface area contributed by atoms with Crippen LogP contribution in [0, 0.1) is 39.4 Å². The van der Waals surface area contributed by atoms with E-state index in [1.807, 2.05) is 34.6 Å². The molecule has 0 heterocycles. The number of allylic oxidation sites excluding steroid dienone is 2. The quantitative estimate of drug-likeness (QED) is 0.426. The van der Waals surface area contributed by atoms with Crippen molar-refractivity contribution in [3.63, 3.8) is 0 Å². The van der Waals surface area contributed by atoms with Gasteiger partial charge in [0.25, 0.3) is 0 Å². The first-order chi connectivity index (χ1) is 16.4. The third-order valence-electron chi connectivity index (χ3n) is 11.6. The Balaban J connectivity index is 1.78. The second kappa shape index (κ2) is 8.33. The second-order valence-corrected chi connectivity index (χ2v) is 14.0. The van der Waals surface area contributed by atoms with Crippen molar-refractivity contribution in [2.75, 3.05) is 0 Å². The lowest BCUT2D eigenvalue weighted by Crippen LogP contribution is -2.65. The molecule has 6 heteroatoms. The fraction of sp³-hybridized carbons (Fsp3) is 0.800. The first-order valence-corrected chi connectivity index (χ1v) is 13.5. The van der Waals surface area contributed by atoms with E-state index in [0.717, 1.165) is 11.1 Å². The lowest BCUT2D eigenvalue weighted by atomic mass is 9.38. The van der Waals surface area contributed by atoms with Crippen LogP contribution in [0.4, 0.5) is 0 Å². The van der Waals surface area contributed by atoms with Gasteiger partial charge < -0.3 is 20.4 Å². The number of rotatable bonds is 5. The van der Waals surface area contributed by atoms with Gasteiger partial charge in [0.05, 0.1) is 18.3 Å². The third-order valence-corrected chi connectivity index (χ3v) is 11.6. The van der Waals surface area contributed by atoms with Gasteiger partial charge in [-0.2, -0.15) is 0 Å². The molecule has 4 aliphatic rings. The highest BCUT2D eigenvalue weighted by Gasteiger charge is 2.74. The van der Waals surface area contributed by atoms with E-state index < -0.39 is 51.5 Å². The van der Waals surface area contributed by atoms with Gasteiger partial charge in [-0.15, -0.1) is 6.58 Å². The number of hydrogen-bond acceptors (Lipinski definition) is 6. The van der Waals surface area contributed by atoms with Crippen LogP contribution in [0.2, 0.25) is 0 Å². The maximum absolute atomic E-state index is 14.2. The smallest absolute Gasteiger partial charge is 0.164 e. The lowest BCUT2D eigenvalue weighted by molar-refractivity contribution is -0.187. The average molecular weight is 503 g/mol. The molecule has 10 atom stereocenters. The number of aliphatic hydroxyl groups excluding tert-OH is 3. The Morgan fingerprint density at radius 3 is 2.28 bits per heavy atom. The van der Waals surface area contributed by atoms with Gasteiger partial charge >= 0.3 is 0 Å². The molecule has 0 spiro atoms. The summed E-state index contributed by atoms with van der Waals surface area (Å²) in [5.74, 6) is -1.34.